The van der Waals surface area contributed by atoms with Gasteiger partial charge in [0.25, 0.3) is 0 Å². The van der Waals surface area contributed by atoms with Gasteiger partial charge in [-0.3, -0.25) is 0 Å². The summed E-state index contributed by atoms with van der Waals surface area (Å²) in [6.45, 7) is 2.77. The molecule has 0 atom stereocenters. The Balaban J connectivity index is 2.96. The number of benzene rings is 1. The van der Waals surface area contributed by atoms with Gasteiger partial charge in [-0.05, 0) is 50.2 Å². The van der Waals surface area contributed by atoms with E-state index in [1.54, 1.807) is 12.1 Å². The highest BCUT2D eigenvalue weighted by atomic mass is 35.5. The van der Waals surface area contributed by atoms with Crippen molar-refractivity contribution in [3.05, 3.63) is 28.3 Å². The maximum atomic E-state index is 9.56. The van der Waals surface area contributed by atoms with Crippen molar-refractivity contribution >= 4 is 11.6 Å². The molecule has 2 N–H and O–H groups in total. The van der Waals surface area contributed by atoms with Crippen molar-refractivity contribution in [2.24, 2.45) is 0 Å². The Morgan fingerprint density at radius 1 is 1.46 bits per heavy atom. The maximum absolute atomic E-state index is 9.56. The van der Waals surface area contributed by atoms with Crippen LogP contribution in [0.3, 0.4) is 0 Å². The Labute approximate surface area is 83.5 Å². The number of nitrogens with one attached hydrogen (secondary N) is 1. The van der Waals surface area contributed by atoms with Crippen molar-refractivity contribution in [2.75, 3.05) is 13.6 Å². The molecule has 0 bridgehead atoms. The second-order valence-electron chi connectivity index (χ2n) is 3.02. The minimum absolute atomic E-state index is 0.331. The lowest BCUT2D eigenvalue weighted by Gasteiger charge is -2.09. The smallest absolute Gasteiger partial charge is 0.119 e. The third-order valence-electron chi connectivity index (χ3n) is 2.13. The zero-order chi connectivity index (χ0) is 9.84. The first-order valence-corrected chi connectivity index (χ1v) is 4.66. The van der Waals surface area contributed by atoms with Crippen LogP contribution in [0.4, 0.5) is 0 Å². The van der Waals surface area contributed by atoms with E-state index >= 15 is 0 Å². The second-order valence-corrected chi connectivity index (χ2v) is 3.43. The molecule has 0 aliphatic carbocycles. The minimum atomic E-state index is 0.331. The van der Waals surface area contributed by atoms with Crippen LogP contribution in [0.5, 0.6) is 5.75 Å². The molecule has 0 fully saturated rings. The molecule has 0 heterocycles. The van der Waals surface area contributed by atoms with E-state index in [1.165, 1.54) is 0 Å². The molecule has 0 aromatic heterocycles. The first-order chi connectivity index (χ1) is 6.16. The second kappa shape index (κ2) is 4.49. The van der Waals surface area contributed by atoms with Crippen LogP contribution in [-0.2, 0) is 6.42 Å². The predicted molar refractivity (Wildman–Crippen MR) is 55.5 cm³/mol. The maximum Gasteiger partial charge on any atom is 0.119 e. The summed E-state index contributed by atoms with van der Waals surface area (Å²) in [5.41, 5.74) is 1.90. The average Bonchev–Trinajstić information content (AvgIpc) is 2.12. The van der Waals surface area contributed by atoms with Gasteiger partial charge in [0.1, 0.15) is 5.75 Å². The molecule has 0 saturated carbocycles. The summed E-state index contributed by atoms with van der Waals surface area (Å²) in [6.07, 6.45) is 0.800. The molecule has 1 rings (SSSR count). The lowest BCUT2D eigenvalue weighted by atomic mass is 10.0. The molecule has 72 valence electrons. The molecule has 0 saturated heterocycles. The van der Waals surface area contributed by atoms with E-state index in [2.05, 4.69) is 5.32 Å². The van der Waals surface area contributed by atoms with Crippen molar-refractivity contribution in [3.63, 3.8) is 0 Å². The largest absolute Gasteiger partial charge is 0.508 e. The summed E-state index contributed by atoms with van der Waals surface area (Å²) < 4.78 is 0. The van der Waals surface area contributed by atoms with E-state index in [-0.39, 0.29) is 0 Å². The van der Waals surface area contributed by atoms with Crippen LogP contribution in [0.1, 0.15) is 11.1 Å². The summed E-state index contributed by atoms with van der Waals surface area (Å²) in [6, 6.07) is 3.36. The number of aromatic hydroxyl groups is 1. The molecule has 1 aromatic carbocycles. The van der Waals surface area contributed by atoms with Gasteiger partial charge in [-0.2, -0.15) is 0 Å². The molecule has 13 heavy (non-hydrogen) atoms. The fraction of sp³-hybridized carbons (Fsp3) is 0.400. The van der Waals surface area contributed by atoms with E-state index in [0.717, 1.165) is 24.1 Å². The zero-order valence-corrected chi connectivity index (χ0v) is 8.65. The van der Waals surface area contributed by atoms with Crippen LogP contribution in [0, 0.1) is 6.92 Å². The third-order valence-corrected chi connectivity index (χ3v) is 2.54. The van der Waals surface area contributed by atoms with Gasteiger partial charge in [0.2, 0.25) is 0 Å². The SMILES string of the molecule is CNCCc1c(O)ccc(Cl)c1C. The standard InChI is InChI=1S/C10H14ClNO/c1-7-8(5-6-12-2)10(13)4-3-9(7)11/h3-4,12-13H,5-6H2,1-2H3. The van der Waals surface area contributed by atoms with E-state index in [0.29, 0.717) is 10.8 Å². The van der Waals surface area contributed by atoms with E-state index in [9.17, 15) is 5.11 Å². The van der Waals surface area contributed by atoms with Gasteiger partial charge >= 0.3 is 0 Å². The molecule has 0 unspecified atom stereocenters. The molecule has 0 amide bonds. The van der Waals surface area contributed by atoms with E-state index in [4.69, 9.17) is 11.6 Å². The minimum Gasteiger partial charge on any atom is -0.508 e. The lowest BCUT2D eigenvalue weighted by Crippen LogP contribution is -2.11. The number of hydrogen-bond donors (Lipinski definition) is 2. The van der Waals surface area contributed by atoms with Crippen molar-refractivity contribution < 1.29 is 5.11 Å². The summed E-state index contributed by atoms with van der Waals surface area (Å²) in [5, 5.41) is 13.3. The molecule has 1 aromatic rings. The average molecular weight is 200 g/mol. The van der Waals surface area contributed by atoms with Crippen molar-refractivity contribution in [1.82, 2.24) is 5.32 Å². The molecular formula is C10H14ClNO. The summed E-state index contributed by atoms with van der Waals surface area (Å²) in [4.78, 5) is 0. The Kier molecular flexibility index (Phi) is 3.58. The first-order valence-electron chi connectivity index (χ1n) is 4.28. The van der Waals surface area contributed by atoms with E-state index < -0.39 is 0 Å². The fourth-order valence-corrected chi connectivity index (χ4v) is 1.46. The number of phenols is 1. The summed E-state index contributed by atoms with van der Waals surface area (Å²) in [5.74, 6) is 0.331. The van der Waals surface area contributed by atoms with Crippen LogP contribution in [0.25, 0.3) is 0 Å². The van der Waals surface area contributed by atoms with Crippen LogP contribution >= 0.6 is 11.6 Å². The molecule has 0 aliphatic heterocycles. The zero-order valence-electron chi connectivity index (χ0n) is 7.89. The molecule has 0 spiro atoms. The normalized spacial score (nSPS) is 10.4. The van der Waals surface area contributed by atoms with Gasteiger partial charge in [-0.25, -0.2) is 0 Å². The van der Waals surface area contributed by atoms with Gasteiger partial charge in [0, 0.05) is 5.02 Å². The first kappa shape index (κ1) is 10.4. The van der Waals surface area contributed by atoms with Crippen molar-refractivity contribution in [2.45, 2.75) is 13.3 Å². The van der Waals surface area contributed by atoms with E-state index in [1.807, 2.05) is 14.0 Å². The molecule has 2 nitrogen and oxygen atoms in total. The molecule has 3 heteroatoms. The Hall–Kier alpha value is -0.730. The number of halogens is 1. The lowest BCUT2D eigenvalue weighted by molar-refractivity contribution is 0.467. The Morgan fingerprint density at radius 2 is 2.15 bits per heavy atom. The van der Waals surface area contributed by atoms with Gasteiger partial charge in [-0.1, -0.05) is 11.6 Å². The van der Waals surface area contributed by atoms with Crippen LogP contribution < -0.4 is 5.32 Å². The molecule has 0 aliphatic rings. The van der Waals surface area contributed by atoms with Crippen molar-refractivity contribution in [1.29, 1.82) is 0 Å². The molecular weight excluding hydrogens is 186 g/mol. The van der Waals surface area contributed by atoms with Gasteiger partial charge < -0.3 is 10.4 Å². The summed E-state index contributed by atoms with van der Waals surface area (Å²) in [7, 11) is 1.89. The van der Waals surface area contributed by atoms with Gasteiger partial charge in [0.05, 0.1) is 0 Å². The highest BCUT2D eigenvalue weighted by Crippen LogP contribution is 2.27. The topological polar surface area (TPSA) is 32.3 Å². The number of phenolic OH excluding ortho intramolecular Hbond substituents is 1. The monoisotopic (exact) mass is 199 g/mol. The quantitative estimate of drug-likeness (QED) is 0.782. The summed E-state index contributed by atoms with van der Waals surface area (Å²) >= 11 is 5.93. The molecule has 0 radical (unpaired) electrons. The number of rotatable bonds is 3. The predicted octanol–water partition coefficient (Wildman–Crippen LogP) is 2.12. The number of hydrogen-bond acceptors (Lipinski definition) is 2. The third kappa shape index (κ3) is 2.36. The van der Waals surface area contributed by atoms with Gasteiger partial charge in [-0.15, -0.1) is 0 Å². The van der Waals surface area contributed by atoms with Crippen molar-refractivity contribution in [3.8, 4) is 5.75 Å². The van der Waals surface area contributed by atoms with Crippen LogP contribution in [0.15, 0.2) is 12.1 Å². The van der Waals surface area contributed by atoms with Crippen LogP contribution in [0.2, 0.25) is 5.02 Å². The fourth-order valence-electron chi connectivity index (χ4n) is 1.28. The van der Waals surface area contributed by atoms with Gasteiger partial charge in [0.15, 0.2) is 0 Å². The highest BCUT2D eigenvalue weighted by molar-refractivity contribution is 6.31. The van der Waals surface area contributed by atoms with Crippen LogP contribution in [-0.4, -0.2) is 18.7 Å². The Bertz CT molecular complexity index is 299. The Morgan fingerprint density at radius 3 is 2.77 bits per heavy atom. The highest BCUT2D eigenvalue weighted by Gasteiger charge is 2.06. The number of likely N-dealkylation sites (N-methyl/N-ethyl adjacent to an activating group) is 1.